The molecule has 0 radical (unpaired) electrons. The van der Waals surface area contributed by atoms with Crippen molar-refractivity contribution in [3.63, 3.8) is 0 Å². The molecule has 1 unspecified atom stereocenters. The molecular weight excluding hydrogens is 338 g/mol. The van der Waals surface area contributed by atoms with Crippen molar-refractivity contribution in [1.82, 2.24) is 5.01 Å². The highest BCUT2D eigenvalue weighted by Gasteiger charge is 2.64. The van der Waals surface area contributed by atoms with Crippen molar-refractivity contribution in [3.05, 3.63) is 29.8 Å². The van der Waals surface area contributed by atoms with Gasteiger partial charge in [-0.05, 0) is 40.7 Å². The molecule has 0 saturated heterocycles. The van der Waals surface area contributed by atoms with E-state index >= 15 is 0 Å². The normalized spacial score (nSPS) is 21.3. The maximum absolute atomic E-state index is 13.3. The van der Waals surface area contributed by atoms with Crippen LogP contribution in [0.3, 0.4) is 0 Å². The number of likely N-dealkylation sites (N-methyl/N-ethyl adjacent to an activating group) is 1. The molecule has 1 aromatic carbocycles. The summed E-state index contributed by atoms with van der Waals surface area (Å²) < 4.78 is 16.7. The summed E-state index contributed by atoms with van der Waals surface area (Å²) in [6.45, 7) is 9.33. The van der Waals surface area contributed by atoms with E-state index in [1.165, 1.54) is 0 Å². The van der Waals surface area contributed by atoms with Crippen molar-refractivity contribution in [1.29, 1.82) is 0 Å². The molecule has 2 aliphatic rings. The van der Waals surface area contributed by atoms with Crippen LogP contribution in [-0.2, 0) is 24.7 Å². The Morgan fingerprint density at radius 1 is 1.23 bits per heavy atom. The molecule has 0 saturated carbocycles. The van der Waals surface area contributed by atoms with Crippen molar-refractivity contribution in [3.8, 4) is 0 Å². The summed E-state index contributed by atoms with van der Waals surface area (Å²) in [7, 11) is 0. The zero-order valence-electron chi connectivity index (χ0n) is 15.6. The van der Waals surface area contributed by atoms with E-state index in [1.54, 1.807) is 44.7 Å². The number of nitrogens with zero attached hydrogens (tertiary/aromatic N) is 3. The van der Waals surface area contributed by atoms with Gasteiger partial charge in [0.2, 0.25) is 0 Å². The Morgan fingerprint density at radius 3 is 2.54 bits per heavy atom. The first-order chi connectivity index (χ1) is 12.3. The molecule has 1 aromatic rings. The van der Waals surface area contributed by atoms with Gasteiger partial charge in [0.25, 0.3) is 5.91 Å². The van der Waals surface area contributed by atoms with Crippen LogP contribution in [-0.4, -0.2) is 41.8 Å². The van der Waals surface area contributed by atoms with Gasteiger partial charge in [-0.1, -0.05) is 23.3 Å². The van der Waals surface area contributed by atoms with Gasteiger partial charge in [0, 0.05) is 6.54 Å². The van der Waals surface area contributed by atoms with Gasteiger partial charge in [0.1, 0.15) is 0 Å². The zero-order chi connectivity index (χ0) is 19.1. The molecule has 0 N–H and O–H groups in total. The van der Waals surface area contributed by atoms with Crippen molar-refractivity contribution in [2.45, 2.75) is 52.6 Å². The first kappa shape index (κ1) is 18.0. The Morgan fingerprint density at radius 2 is 1.92 bits per heavy atom. The predicted octanol–water partition coefficient (Wildman–Crippen LogP) is 2.78. The number of carbonyl (C=O) groups is 2. The largest absolute Gasteiger partial charge is 0.447 e. The van der Waals surface area contributed by atoms with E-state index in [9.17, 15) is 9.59 Å². The minimum absolute atomic E-state index is 0.137. The van der Waals surface area contributed by atoms with Gasteiger partial charge in [0.15, 0.2) is 0 Å². The fraction of sp³-hybridized carbons (Fsp3) is 0.500. The van der Waals surface area contributed by atoms with E-state index in [4.69, 9.17) is 14.2 Å². The Bertz CT molecular complexity index is 761. The summed E-state index contributed by atoms with van der Waals surface area (Å²) in [4.78, 5) is 27.5. The van der Waals surface area contributed by atoms with Crippen molar-refractivity contribution in [2.75, 3.05) is 11.4 Å². The molecule has 1 atom stereocenters. The quantitative estimate of drug-likeness (QED) is 0.827. The molecule has 8 heteroatoms. The van der Waals surface area contributed by atoms with Gasteiger partial charge in [0.05, 0.1) is 23.5 Å². The fourth-order valence-corrected chi connectivity index (χ4v) is 3.03. The topological polar surface area (TPSA) is 80.7 Å². The maximum Gasteiger partial charge on any atom is 0.435 e. The lowest BCUT2D eigenvalue weighted by Crippen LogP contribution is -2.52. The van der Waals surface area contributed by atoms with Gasteiger partial charge in [-0.3, -0.25) is 4.79 Å². The molecule has 0 aromatic heterocycles. The number of para-hydroxylation sites is 1. The monoisotopic (exact) mass is 361 g/mol. The Balaban J connectivity index is 2.11. The molecule has 2 heterocycles. The minimum atomic E-state index is -1.75. The van der Waals surface area contributed by atoms with E-state index in [0.29, 0.717) is 17.8 Å². The number of anilines is 1. The smallest absolute Gasteiger partial charge is 0.435 e. The van der Waals surface area contributed by atoms with Crippen LogP contribution in [0.15, 0.2) is 29.4 Å². The van der Waals surface area contributed by atoms with Crippen molar-refractivity contribution >= 4 is 23.8 Å². The van der Waals surface area contributed by atoms with Crippen LogP contribution in [0.25, 0.3) is 0 Å². The van der Waals surface area contributed by atoms with Crippen LogP contribution >= 0.6 is 0 Å². The second kappa shape index (κ2) is 6.51. The number of hydrogen-bond acceptors (Lipinski definition) is 6. The second-order valence-electron chi connectivity index (χ2n) is 6.59. The first-order valence-electron chi connectivity index (χ1n) is 8.67. The predicted molar refractivity (Wildman–Crippen MR) is 94.3 cm³/mol. The molecule has 2 amide bonds. The number of hydrogen-bond donors (Lipinski definition) is 0. The van der Waals surface area contributed by atoms with Gasteiger partial charge in [-0.2, -0.15) is 0 Å². The SMILES string of the molecule is CCN1C(=O)C2(OC(OC(C)C)=NN2C(=O)OC(C)C)c2ccccc21. The highest BCUT2D eigenvalue weighted by Crippen LogP contribution is 2.48. The summed E-state index contributed by atoms with van der Waals surface area (Å²) in [6, 6.07) is 7.16. The first-order valence-corrected chi connectivity index (χ1v) is 8.67. The third kappa shape index (κ3) is 2.65. The van der Waals surface area contributed by atoms with Crippen molar-refractivity contribution < 1.29 is 23.8 Å². The summed E-state index contributed by atoms with van der Waals surface area (Å²) in [5.41, 5.74) is -0.551. The molecule has 0 bridgehead atoms. The standard InChI is InChI=1S/C18H23N3O5/c1-6-20-14-10-8-7-9-13(14)18(15(20)22)21(17(23)25-12(4)5)19-16(26-18)24-11(2)3/h7-12H,6H2,1-5H3. The number of fused-ring (bicyclic) bond motifs is 2. The van der Waals surface area contributed by atoms with Gasteiger partial charge in [-0.15, -0.1) is 5.01 Å². The van der Waals surface area contributed by atoms with Crippen LogP contribution in [0.5, 0.6) is 0 Å². The summed E-state index contributed by atoms with van der Waals surface area (Å²) in [5.74, 6) is -0.409. The van der Waals surface area contributed by atoms with Crippen LogP contribution in [0.2, 0.25) is 0 Å². The number of amides is 2. The van der Waals surface area contributed by atoms with Gasteiger partial charge in [-0.25, -0.2) is 4.79 Å². The Labute approximate surface area is 152 Å². The number of benzene rings is 1. The van der Waals surface area contributed by atoms with Crippen LogP contribution < -0.4 is 4.90 Å². The van der Waals surface area contributed by atoms with Crippen LogP contribution in [0.4, 0.5) is 10.5 Å². The highest BCUT2D eigenvalue weighted by molar-refractivity contribution is 6.09. The van der Waals surface area contributed by atoms with Crippen molar-refractivity contribution in [2.24, 2.45) is 5.10 Å². The molecule has 140 valence electrons. The average molecular weight is 361 g/mol. The zero-order valence-corrected chi connectivity index (χ0v) is 15.6. The highest BCUT2D eigenvalue weighted by atomic mass is 16.7. The Hall–Kier alpha value is -2.77. The van der Waals surface area contributed by atoms with E-state index in [0.717, 1.165) is 5.01 Å². The molecule has 26 heavy (non-hydrogen) atoms. The van der Waals surface area contributed by atoms with E-state index in [1.807, 2.05) is 19.1 Å². The number of ether oxygens (including phenoxy) is 3. The lowest BCUT2D eigenvalue weighted by molar-refractivity contribution is -0.149. The lowest BCUT2D eigenvalue weighted by Gasteiger charge is -2.29. The molecule has 2 aliphatic heterocycles. The lowest BCUT2D eigenvalue weighted by atomic mass is 10.0. The molecule has 8 nitrogen and oxygen atoms in total. The third-order valence-electron chi connectivity index (χ3n) is 3.97. The summed E-state index contributed by atoms with van der Waals surface area (Å²) in [6.07, 6.45) is -1.52. The molecule has 0 aliphatic carbocycles. The summed E-state index contributed by atoms with van der Waals surface area (Å²) >= 11 is 0. The van der Waals surface area contributed by atoms with E-state index < -0.39 is 17.7 Å². The van der Waals surface area contributed by atoms with Gasteiger partial charge >= 0.3 is 17.9 Å². The summed E-state index contributed by atoms with van der Waals surface area (Å²) in [5, 5.41) is 5.06. The Kier molecular flexibility index (Phi) is 4.52. The van der Waals surface area contributed by atoms with Crippen LogP contribution in [0, 0.1) is 0 Å². The van der Waals surface area contributed by atoms with E-state index in [2.05, 4.69) is 5.10 Å². The third-order valence-corrected chi connectivity index (χ3v) is 3.97. The number of carbonyl (C=O) groups excluding carboxylic acids is 2. The van der Waals surface area contributed by atoms with Gasteiger partial charge < -0.3 is 19.1 Å². The van der Waals surface area contributed by atoms with E-state index in [-0.39, 0.29) is 18.3 Å². The fourth-order valence-electron chi connectivity index (χ4n) is 3.03. The number of hydrazone groups is 1. The minimum Gasteiger partial charge on any atom is -0.447 e. The second-order valence-corrected chi connectivity index (χ2v) is 6.59. The molecule has 1 spiro atoms. The molecule has 3 rings (SSSR count). The molecule has 0 fully saturated rings. The maximum atomic E-state index is 13.3. The van der Waals surface area contributed by atoms with Crippen LogP contribution in [0.1, 0.15) is 40.2 Å². The average Bonchev–Trinajstić information content (AvgIpc) is 3.05. The number of rotatable bonds is 3. The molecular formula is C18H23N3O5.